The lowest BCUT2D eigenvalue weighted by atomic mass is 10.2. The maximum atomic E-state index is 13.3. The highest BCUT2D eigenvalue weighted by Gasteiger charge is 2.19. The Balaban J connectivity index is 3.49. The minimum atomic E-state index is -1.02. The molecule has 0 radical (unpaired) electrons. The van der Waals surface area contributed by atoms with Gasteiger partial charge < -0.3 is 9.47 Å². The van der Waals surface area contributed by atoms with E-state index < -0.39 is 17.4 Å². The molecule has 74 valence electrons. The van der Waals surface area contributed by atoms with Crippen molar-refractivity contribution in [3.63, 3.8) is 0 Å². The molecule has 0 aliphatic carbocycles. The molecule has 14 heavy (non-hydrogen) atoms. The van der Waals surface area contributed by atoms with Crippen molar-refractivity contribution in [2.24, 2.45) is 0 Å². The fourth-order valence-electron chi connectivity index (χ4n) is 0.997. The zero-order valence-corrected chi connectivity index (χ0v) is 7.60. The van der Waals surface area contributed by atoms with Crippen LogP contribution < -0.4 is 9.47 Å². The van der Waals surface area contributed by atoms with Gasteiger partial charge in [-0.2, -0.15) is 9.65 Å². The van der Waals surface area contributed by atoms with Gasteiger partial charge in [0.2, 0.25) is 5.82 Å². The Kier molecular flexibility index (Phi) is 2.87. The minimum absolute atomic E-state index is 0.222. The molecule has 0 saturated heterocycles. The topological polar surface area (TPSA) is 42.2 Å². The van der Waals surface area contributed by atoms with Crippen molar-refractivity contribution in [1.29, 1.82) is 5.26 Å². The number of hydrogen-bond acceptors (Lipinski definition) is 3. The van der Waals surface area contributed by atoms with Crippen molar-refractivity contribution in [3.8, 4) is 17.6 Å². The lowest BCUT2D eigenvalue weighted by molar-refractivity contribution is 0.333. The lowest BCUT2D eigenvalue weighted by Crippen LogP contribution is -1.99. The van der Waals surface area contributed by atoms with E-state index in [0.717, 1.165) is 13.2 Å². The summed E-state index contributed by atoms with van der Waals surface area (Å²) in [6, 6.07) is 2.55. The third kappa shape index (κ3) is 1.46. The monoisotopic (exact) mass is 199 g/mol. The van der Waals surface area contributed by atoms with E-state index in [0.29, 0.717) is 0 Å². The van der Waals surface area contributed by atoms with Crippen molar-refractivity contribution in [2.75, 3.05) is 14.2 Å². The fraction of sp³-hybridized carbons (Fsp3) is 0.222. The van der Waals surface area contributed by atoms with Crippen molar-refractivity contribution < 1.29 is 18.3 Å². The number of methoxy groups -OCH3 is 2. The fourth-order valence-corrected chi connectivity index (χ4v) is 0.997. The molecule has 0 atom stereocenters. The lowest BCUT2D eigenvalue weighted by Gasteiger charge is -2.08. The van der Waals surface area contributed by atoms with E-state index >= 15 is 0 Å². The summed E-state index contributed by atoms with van der Waals surface area (Å²) in [5.74, 6) is -2.81. The molecule has 0 aliphatic heterocycles. The normalized spacial score (nSPS) is 9.36. The first-order valence-corrected chi connectivity index (χ1v) is 3.65. The molecule has 0 unspecified atom stereocenters. The zero-order chi connectivity index (χ0) is 10.7. The predicted octanol–water partition coefficient (Wildman–Crippen LogP) is 1.85. The molecule has 1 rings (SSSR count). The number of halogens is 2. The summed E-state index contributed by atoms with van der Waals surface area (Å²) in [6.45, 7) is 0. The summed E-state index contributed by atoms with van der Waals surface area (Å²) in [6.07, 6.45) is 0. The first-order valence-electron chi connectivity index (χ1n) is 3.65. The molecule has 0 fully saturated rings. The molecular weight excluding hydrogens is 192 g/mol. The van der Waals surface area contributed by atoms with Gasteiger partial charge in [0.15, 0.2) is 17.3 Å². The van der Waals surface area contributed by atoms with Crippen molar-refractivity contribution in [2.45, 2.75) is 0 Å². The molecule has 0 aliphatic rings. The van der Waals surface area contributed by atoms with Crippen LogP contribution in [0.15, 0.2) is 6.07 Å². The number of nitrogens with zero attached hydrogens (tertiary/aromatic N) is 1. The standard InChI is InChI=1S/C9H7F2NO2/c1-13-6-3-5(4-12)7(10)9(14-2)8(6)11/h3H,1-2H3. The van der Waals surface area contributed by atoms with Crippen LogP contribution in [0.1, 0.15) is 5.56 Å². The van der Waals surface area contributed by atoms with Crippen LogP contribution in [0.25, 0.3) is 0 Å². The Morgan fingerprint density at radius 3 is 2.29 bits per heavy atom. The minimum Gasteiger partial charge on any atom is -0.493 e. The van der Waals surface area contributed by atoms with Crippen LogP contribution in [0, 0.1) is 23.0 Å². The van der Waals surface area contributed by atoms with Crippen molar-refractivity contribution in [1.82, 2.24) is 0 Å². The van der Waals surface area contributed by atoms with Crippen LogP contribution in [-0.4, -0.2) is 14.2 Å². The largest absolute Gasteiger partial charge is 0.493 e. The van der Waals surface area contributed by atoms with Gasteiger partial charge in [-0.3, -0.25) is 0 Å². The molecule has 5 heteroatoms. The summed E-state index contributed by atoms with van der Waals surface area (Å²) < 4.78 is 35.6. The van der Waals surface area contributed by atoms with E-state index in [2.05, 4.69) is 9.47 Å². The van der Waals surface area contributed by atoms with Gasteiger partial charge in [-0.05, 0) is 0 Å². The van der Waals surface area contributed by atoms with Gasteiger partial charge in [-0.15, -0.1) is 0 Å². The Bertz CT molecular complexity index is 399. The van der Waals surface area contributed by atoms with E-state index in [9.17, 15) is 8.78 Å². The molecule has 0 spiro atoms. The summed E-state index contributed by atoms with van der Waals surface area (Å²) in [5, 5.41) is 8.53. The molecule has 0 aromatic heterocycles. The van der Waals surface area contributed by atoms with Gasteiger partial charge in [-0.1, -0.05) is 0 Å². The highest BCUT2D eigenvalue weighted by Crippen LogP contribution is 2.31. The summed E-state index contributed by atoms with van der Waals surface area (Å²) >= 11 is 0. The highest BCUT2D eigenvalue weighted by atomic mass is 19.1. The van der Waals surface area contributed by atoms with E-state index in [-0.39, 0.29) is 11.3 Å². The number of ether oxygens (including phenoxy) is 2. The van der Waals surface area contributed by atoms with Gasteiger partial charge in [0, 0.05) is 6.07 Å². The van der Waals surface area contributed by atoms with Gasteiger partial charge in [0.1, 0.15) is 6.07 Å². The highest BCUT2D eigenvalue weighted by molar-refractivity contribution is 5.46. The molecule has 1 aromatic rings. The Labute approximate surface area is 79.5 Å². The van der Waals surface area contributed by atoms with Crippen LogP contribution in [0.5, 0.6) is 11.5 Å². The van der Waals surface area contributed by atoms with Gasteiger partial charge >= 0.3 is 0 Å². The molecule has 3 nitrogen and oxygen atoms in total. The predicted molar refractivity (Wildman–Crippen MR) is 44.2 cm³/mol. The number of benzene rings is 1. The molecule has 1 aromatic carbocycles. The molecule has 0 heterocycles. The Morgan fingerprint density at radius 1 is 1.21 bits per heavy atom. The quantitative estimate of drug-likeness (QED) is 0.729. The molecule has 0 N–H and O–H groups in total. The van der Waals surface area contributed by atoms with Crippen LogP contribution in [0.4, 0.5) is 8.78 Å². The smallest absolute Gasteiger partial charge is 0.209 e. The van der Waals surface area contributed by atoms with Gasteiger partial charge in [-0.25, -0.2) is 4.39 Å². The number of nitriles is 1. The maximum absolute atomic E-state index is 13.3. The average Bonchev–Trinajstić information content (AvgIpc) is 2.19. The van der Waals surface area contributed by atoms with Crippen LogP contribution in [-0.2, 0) is 0 Å². The molecule has 0 amide bonds. The first kappa shape index (κ1) is 10.3. The third-order valence-electron chi connectivity index (χ3n) is 1.67. The number of hydrogen-bond donors (Lipinski definition) is 0. The summed E-state index contributed by atoms with van der Waals surface area (Å²) in [7, 11) is 2.33. The second-order valence-corrected chi connectivity index (χ2v) is 2.40. The van der Waals surface area contributed by atoms with Gasteiger partial charge in [0.25, 0.3) is 0 Å². The van der Waals surface area contributed by atoms with Crippen LogP contribution >= 0.6 is 0 Å². The maximum Gasteiger partial charge on any atom is 0.209 e. The Morgan fingerprint density at radius 2 is 1.86 bits per heavy atom. The first-order chi connectivity index (χ1) is 6.65. The van der Waals surface area contributed by atoms with Crippen molar-refractivity contribution in [3.05, 3.63) is 23.3 Å². The second kappa shape index (κ2) is 3.92. The average molecular weight is 199 g/mol. The van der Waals surface area contributed by atoms with Crippen molar-refractivity contribution >= 4 is 0 Å². The summed E-state index contributed by atoms with van der Waals surface area (Å²) in [4.78, 5) is 0. The molecule has 0 saturated carbocycles. The van der Waals surface area contributed by atoms with Crippen LogP contribution in [0.3, 0.4) is 0 Å². The van der Waals surface area contributed by atoms with E-state index in [1.807, 2.05) is 0 Å². The zero-order valence-electron chi connectivity index (χ0n) is 7.60. The third-order valence-corrected chi connectivity index (χ3v) is 1.67. The molecule has 0 bridgehead atoms. The summed E-state index contributed by atoms with van der Waals surface area (Å²) in [5.41, 5.74) is -0.319. The second-order valence-electron chi connectivity index (χ2n) is 2.40. The van der Waals surface area contributed by atoms with E-state index in [1.165, 1.54) is 7.11 Å². The van der Waals surface area contributed by atoms with Gasteiger partial charge in [0.05, 0.1) is 19.8 Å². The Hall–Kier alpha value is -1.83. The molecular formula is C9H7F2NO2. The number of rotatable bonds is 2. The van der Waals surface area contributed by atoms with E-state index in [1.54, 1.807) is 6.07 Å². The van der Waals surface area contributed by atoms with E-state index in [4.69, 9.17) is 5.26 Å². The van der Waals surface area contributed by atoms with Crippen LogP contribution in [0.2, 0.25) is 0 Å². The SMILES string of the molecule is COc1cc(C#N)c(F)c(OC)c1F.